The predicted molar refractivity (Wildman–Crippen MR) is 119 cm³/mol. The van der Waals surface area contributed by atoms with E-state index in [2.05, 4.69) is 24.1 Å². The zero-order valence-corrected chi connectivity index (χ0v) is 20.2. The van der Waals surface area contributed by atoms with Crippen LogP contribution in [0.1, 0.15) is 76.8 Å². The fourth-order valence-corrected chi connectivity index (χ4v) is 4.62. The van der Waals surface area contributed by atoms with Crippen molar-refractivity contribution < 1.29 is 33.5 Å². The van der Waals surface area contributed by atoms with Crippen molar-refractivity contribution in [2.45, 2.75) is 78.2 Å². The van der Waals surface area contributed by atoms with Crippen LogP contribution in [-0.2, 0) is 20.3 Å². The summed E-state index contributed by atoms with van der Waals surface area (Å²) in [7, 11) is -5.36. The number of carbonyl (C=O) groups is 1. The Morgan fingerprint density at radius 2 is 2.03 bits per heavy atom. The van der Waals surface area contributed by atoms with Gasteiger partial charge in [0.25, 0.3) is 0 Å². The third-order valence-corrected chi connectivity index (χ3v) is 6.37. The lowest BCUT2D eigenvalue weighted by molar-refractivity contribution is -0.344. The summed E-state index contributed by atoms with van der Waals surface area (Å²) in [5.74, 6) is -1.08. The molecule has 178 valence electrons. The van der Waals surface area contributed by atoms with E-state index in [4.69, 9.17) is 4.74 Å². The number of allylic oxidation sites excluding steroid dienone is 3. The zero-order chi connectivity index (χ0) is 24.1. The van der Waals surface area contributed by atoms with Gasteiger partial charge >= 0.3 is 5.97 Å². The highest BCUT2D eigenvalue weighted by Gasteiger charge is 2.32. The summed E-state index contributed by atoms with van der Waals surface area (Å²) in [6.07, 6.45) is 5.87. The molecule has 0 spiro atoms. The Morgan fingerprint density at radius 3 is 2.62 bits per heavy atom. The molecule has 8 heteroatoms. The van der Waals surface area contributed by atoms with E-state index in [-0.39, 0.29) is 23.3 Å². The van der Waals surface area contributed by atoms with E-state index in [1.165, 1.54) is 0 Å². The highest BCUT2D eigenvalue weighted by Crippen LogP contribution is 2.47. The molecule has 2 rings (SSSR count). The van der Waals surface area contributed by atoms with Gasteiger partial charge in [-0.1, -0.05) is 43.6 Å². The first kappa shape index (κ1) is 26.3. The van der Waals surface area contributed by atoms with Crippen molar-refractivity contribution in [2.75, 3.05) is 0 Å². The average molecular weight is 464 g/mol. The molecule has 1 aromatic carbocycles. The Bertz CT molecular complexity index is 915. The second kappa shape index (κ2) is 11.3. The normalized spacial score (nSPS) is 19.9. The molecule has 0 heterocycles. The first-order chi connectivity index (χ1) is 14.9. The molecule has 0 bridgehead atoms. The molecule has 32 heavy (non-hydrogen) atoms. The number of phosphoric acid groups is 1. The molecule has 1 aliphatic rings. The molecule has 1 aromatic rings. The summed E-state index contributed by atoms with van der Waals surface area (Å²) in [5.41, 5.74) is 3.37. The third-order valence-electron chi connectivity index (χ3n) is 5.79. The average Bonchev–Trinajstić information content (AvgIpc) is 2.66. The molecule has 3 atom stereocenters. The molecule has 7 nitrogen and oxygen atoms in total. The highest BCUT2D eigenvalue weighted by molar-refractivity contribution is 7.43. The van der Waals surface area contributed by atoms with Crippen LogP contribution in [0.4, 0.5) is 0 Å². The van der Waals surface area contributed by atoms with Crippen LogP contribution in [0.5, 0.6) is 11.5 Å². The second-order valence-electron chi connectivity index (χ2n) is 8.63. The van der Waals surface area contributed by atoms with Gasteiger partial charge in [0.15, 0.2) is 6.10 Å². The Hall–Kier alpha value is -1.92. The summed E-state index contributed by atoms with van der Waals surface area (Å²) in [6.45, 7) is 11.3. The topological polar surface area (TPSA) is 119 Å². The van der Waals surface area contributed by atoms with Gasteiger partial charge in [0.05, 0.1) is 7.82 Å². The van der Waals surface area contributed by atoms with E-state index in [1.54, 1.807) is 12.1 Å². The van der Waals surface area contributed by atoms with Crippen molar-refractivity contribution in [2.24, 2.45) is 5.92 Å². The van der Waals surface area contributed by atoms with Gasteiger partial charge in [0.2, 0.25) is 0 Å². The molecule has 1 N–H and O–H groups in total. The zero-order valence-electron chi connectivity index (χ0n) is 19.3. The Morgan fingerprint density at radius 1 is 1.34 bits per heavy atom. The molecular weight excluding hydrogens is 431 g/mol. The van der Waals surface area contributed by atoms with Gasteiger partial charge in [-0.3, -0.25) is 0 Å². The molecule has 0 aromatic heterocycles. The number of rotatable bonds is 10. The highest BCUT2D eigenvalue weighted by atomic mass is 31.2. The van der Waals surface area contributed by atoms with E-state index >= 15 is 0 Å². The van der Waals surface area contributed by atoms with Crippen LogP contribution in [0, 0.1) is 5.92 Å². The van der Waals surface area contributed by atoms with Crippen molar-refractivity contribution in [1.29, 1.82) is 0 Å². The number of unbranched alkanes of at least 4 members (excludes halogenated alkanes) is 2. The summed E-state index contributed by atoms with van der Waals surface area (Å²) >= 11 is 0. The lowest BCUT2D eigenvalue weighted by atomic mass is 9.73. The summed E-state index contributed by atoms with van der Waals surface area (Å²) < 4.78 is 20.7. The fourth-order valence-electron chi connectivity index (χ4n) is 4.14. The van der Waals surface area contributed by atoms with Gasteiger partial charge in [-0.05, 0) is 70.1 Å². The first-order valence-corrected chi connectivity index (χ1v) is 12.5. The summed E-state index contributed by atoms with van der Waals surface area (Å²) in [6, 6.07) is 3.40. The lowest BCUT2D eigenvalue weighted by Gasteiger charge is -2.33. The van der Waals surface area contributed by atoms with Gasteiger partial charge in [-0.2, -0.15) is 0 Å². The van der Waals surface area contributed by atoms with E-state index in [9.17, 15) is 24.3 Å². The smallest absolute Gasteiger partial charge is 0.340 e. The minimum Gasteiger partial charge on any atom is -0.790 e. The van der Waals surface area contributed by atoms with E-state index in [1.807, 2.05) is 13.8 Å². The molecule has 0 saturated carbocycles. The van der Waals surface area contributed by atoms with E-state index in [0.717, 1.165) is 55.7 Å². The van der Waals surface area contributed by atoms with Crippen molar-refractivity contribution in [1.82, 2.24) is 0 Å². The standard InChI is InChI=1S/C24H35O7P/c1-6-7-8-9-18-13-21(25)23(20-12-16(4)10-11-19(20)15(2)3)22(14-18)30-24(26)17(5)31-32(27,28)29/h12-14,17,19-20,25H,2,6-11H2,1,3-5H3,(H2,27,28,29)/p-2/t17?,19-,20+/m0/s1. The molecule has 0 aliphatic heterocycles. The molecule has 0 saturated heterocycles. The molecular formula is C24H33O7P-2. The maximum atomic E-state index is 12.5. The van der Waals surface area contributed by atoms with Gasteiger partial charge < -0.3 is 28.7 Å². The van der Waals surface area contributed by atoms with Crippen molar-refractivity contribution in [3.05, 3.63) is 47.1 Å². The number of aromatic hydroxyl groups is 1. The largest absolute Gasteiger partial charge is 0.790 e. The van der Waals surface area contributed by atoms with Gasteiger partial charge in [-0.15, -0.1) is 0 Å². The number of esters is 1. The van der Waals surface area contributed by atoms with Crippen LogP contribution in [0.25, 0.3) is 0 Å². The maximum Gasteiger partial charge on any atom is 0.340 e. The van der Waals surface area contributed by atoms with E-state index in [0.29, 0.717) is 12.0 Å². The summed E-state index contributed by atoms with van der Waals surface area (Å²) in [4.78, 5) is 34.3. The van der Waals surface area contributed by atoms with Crippen LogP contribution in [0.2, 0.25) is 0 Å². The molecule has 0 fully saturated rings. The number of hydrogen-bond acceptors (Lipinski definition) is 7. The lowest BCUT2D eigenvalue weighted by Crippen LogP contribution is -2.30. The first-order valence-electron chi connectivity index (χ1n) is 11.0. The Balaban J connectivity index is 2.49. The van der Waals surface area contributed by atoms with Crippen LogP contribution in [-0.4, -0.2) is 17.2 Å². The number of carbonyl (C=O) groups excluding carboxylic acids is 1. The minimum absolute atomic E-state index is 0.0101. The number of hydrogen-bond donors (Lipinski definition) is 1. The molecule has 1 aliphatic carbocycles. The molecule has 0 amide bonds. The minimum atomic E-state index is -5.36. The van der Waals surface area contributed by atoms with Crippen LogP contribution < -0.4 is 14.5 Å². The number of ether oxygens (including phenoxy) is 1. The van der Waals surface area contributed by atoms with Crippen molar-refractivity contribution >= 4 is 13.8 Å². The number of phosphoric ester groups is 1. The van der Waals surface area contributed by atoms with Crippen molar-refractivity contribution in [3.8, 4) is 11.5 Å². The van der Waals surface area contributed by atoms with Crippen LogP contribution in [0.3, 0.4) is 0 Å². The van der Waals surface area contributed by atoms with Crippen LogP contribution in [0.15, 0.2) is 35.9 Å². The molecule has 0 radical (unpaired) electrons. The number of benzene rings is 1. The fraction of sp³-hybridized carbons (Fsp3) is 0.542. The monoisotopic (exact) mass is 464 g/mol. The SMILES string of the molecule is C=C(C)[C@@H]1CCC(C)=C[C@H]1c1c(O)cc(CCCCC)cc1OC(=O)C(C)OP(=O)([O-])[O-]. The molecule has 1 unspecified atom stereocenters. The second-order valence-corrected chi connectivity index (χ2v) is 9.74. The van der Waals surface area contributed by atoms with Gasteiger partial charge in [0.1, 0.15) is 11.5 Å². The number of phenols is 1. The van der Waals surface area contributed by atoms with Gasteiger partial charge in [-0.25, -0.2) is 4.79 Å². The van der Waals surface area contributed by atoms with Gasteiger partial charge in [0, 0.05) is 11.5 Å². The quantitative estimate of drug-likeness (QED) is 0.180. The summed E-state index contributed by atoms with van der Waals surface area (Å²) in [5, 5.41) is 11.0. The number of aryl methyl sites for hydroxylation is 1. The van der Waals surface area contributed by atoms with Crippen LogP contribution >= 0.6 is 7.82 Å². The number of phenolic OH excluding ortho intramolecular Hbond substituents is 1. The maximum absolute atomic E-state index is 12.5. The Labute approximate surface area is 190 Å². The Kier molecular flexibility index (Phi) is 9.28. The van der Waals surface area contributed by atoms with Crippen molar-refractivity contribution in [3.63, 3.8) is 0 Å². The third kappa shape index (κ3) is 7.31. The van der Waals surface area contributed by atoms with E-state index < -0.39 is 19.9 Å². The predicted octanol–water partition coefficient (Wildman–Crippen LogP) is 4.28.